The zero-order valence-corrected chi connectivity index (χ0v) is 20.0. The average Bonchev–Trinajstić information content (AvgIpc) is 2.86. The molecule has 0 saturated heterocycles. The Balaban J connectivity index is 1.11. The van der Waals surface area contributed by atoms with Crippen LogP contribution in [0, 0.1) is 0 Å². The SMILES string of the molecule is O=c1[nH]ccc2c1CN(c1ccc(S[C@H]3CC[C@H](Nc4ccc(C(F)(F)F)cn4)CC3)cc1)CC2. The van der Waals surface area contributed by atoms with Gasteiger partial charge < -0.3 is 15.2 Å². The van der Waals surface area contributed by atoms with Crippen molar-refractivity contribution in [2.24, 2.45) is 0 Å². The molecule has 0 amide bonds. The molecule has 0 radical (unpaired) electrons. The van der Waals surface area contributed by atoms with E-state index in [9.17, 15) is 18.0 Å². The van der Waals surface area contributed by atoms with E-state index in [0.717, 1.165) is 67.7 Å². The maximum atomic E-state index is 12.7. The number of H-pyrrole nitrogens is 1. The highest BCUT2D eigenvalue weighted by atomic mass is 32.2. The van der Waals surface area contributed by atoms with Gasteiger partial charge in [-0.15, -0.1) is 11.8 Å². The van der Waals surface area contributed by atoms with Crippen LogP contribution < -0.4 is 15.8 Å². The second-order valence-corrected chi connectivity index (χ2v) is 10.5. The maximum Gasteiger partial charge on any atom is 0.417 e. The van der Waals surface area contributed by atoms with Gasteiger partial charge >= 0.3 is 6.18 Å². The van der Waals surface area contributed by atoms with Gasteiger partial charge in [0.1, 0.15) is 5.82 Å². The molecule has 9 heteroatoms. The van der Waals surface area contributed by atoms with Gasteiger partial charge in [0.2, 0.25) is 0 Å². The molecule has 1 aromatic carbocycles. The van der Waals surface area contributed by atoms with E-state index >= 15 is 0 Å². The summed E-state index contributed by atoms with van der Waals surface area (Å²) in [7, 11) is 0. The van der Waals surface area contributed by atoms with E-state index < -0.39 is 11.7 Å². The van der Waals surface area contributed by atoms with Crippen LogP contribution in [-0.2, 0) is 19.1 Å². The van der Waals surface area contributed by atoms with E-state index in [2.05, 4.69) is 44.5 Å². The Morgan fingerprint density at radius 2 is 1.80 bits per heavy atom. The van der Waals surface area contributed by atoms with Crippen LogP contribution in [0.1, 0.15) is 42.4 Å². The van der Waals surface area contributed by atoms with Crippen molar-refractivity contribution in [3.8, 4) is 0 Å². The number of aromatic nitrogens is 2. The predicted molar refractivity (Wildman–Crippen MR) is 133 cm³/mol. The molecule has 1 aliphatic heterocycles. The van der Waals surface area contributed by atoms with Gasteiger partial charge in [0.25, 0.3) is 5.56 Å². The number of anilines is 2. The Morgan fingerprint density at radius 3 is 2.49 bits per heavy atom. The number of pyridine rings is 2. The first-order chi connectivity index (χ1) is 16.8. The van der Waals surface area contributed by atoms with Crippen LogP contribution in [0.15, 0.2) is 64.5 Å². The van der Waals surface area contributed by atoms with E-state index in [-0.39, 0.29) is 11.6 Å². The third kappa shape index (κ3) is 5.66. The molecule has 184 valence electrons. The quantitative estimate of drug-likeness (QED) is 0.459. The fraction of sp³-hybridized carbons (Fsp3) is 0.385. The molecule has 3 aromatic rings. The first kappa shape index (κ1) is 23.8. The summed E-state index contributed by atoms with van der Waals surface area (Å²) >= 11 is 1.88. The molecule has 5 rings (SSSR count). The third-order valence-corrected chi connectivity index (χ3v) is 8.13. The van der Waals surface area contributed by atoms with Crippen LogP contribution in [0.3, 0.4) is 0 Å². The van der Waals surface area contributed by atoms with Gasteiger partial charge in [-0.2, -0.15) is 13.2 Å². The molecule has 0 unspecified atom stereocenters. The summed E-state index contributed by atoms with van der Waals surface area (Å²) in [6.07, 6.45) is 3.10. The molecule has 0 bridgehead atoms. The Hall–Kier alpha value is -2.94. The highest BCUT2D eigenvalue weighted by Crippen LogP contribution is 2.36. The van der Waals surface area contributed by atoms with Crippen molar-refractivity contribution in [2.45, 2.75) is 61.0 Å². The van der Waals surface area contributed by atoms with Gasteiger partial charge in [0.05, 0.1) is 5.56 Å². The fourth-order valence-electron chi connectivity index (χ4n) is 4.81. The number of nitrogens with one attached hydrogen (secondary N) is 2. The van der Waals surface area contributed by atoms with Crippen molar-refractivity contribution >= 4 is 23.3 Å². The van der Waals surface area contributed by atoms with Crippen LogP contribution in [-0.4, -0.2) is 27.8 Å². The molecule has 2 aliphatic rings. The number of halogens is 3. The van der Waals surface area contributed by atoms with Gasteiger partial charge in [-0.1, -0.05) is 0 Å². The summed E-state index contributed by atoms with van der Waals surface area (Å²) in [6.45, 7) is 1.52. The van der Waals surface area contributed by atoms with Crippen molar-refractivity contribution in [1.29, 1.82) is 0 Å². The summed E-state index contributed by atoms with van der Waals surface area (Å²) in [5.74, 6) is 0.493. The molecule has 1 saturated carbocycles. The first-order valence-corrected chi connectivity index (χ1v) is 12.7. The zero-order valence-electron chi connectivity index (χ0n) is 19.1. The normalized spacial score (nSPS) is 20.4. The van der Waals surface area contributed by atoms with Crippen LogP contribution in [0.25, 0.3) is 0 Å². The third-order valence-electron chi connectivity index (χ3n) is 6.78. The highest BCUT2D eigenvalue weighted by Gasteiger charge is 2.31. The van der Waals surface area contributed by atoms with Gasteiger partial charge in [-0.3, -0.25) is 4.79 Å². The van der Waals surface area contributed by atoms with Gasteiger partial charge in [-0.05, 0) is 80.1 Å². The van der Waals surface area contributed by atoms with Crippen LogP contribution in [0.2, 0.25) is 0 Å². The van der Waals surface area contributed by atoms with Crippen molar-refractivity contribution in [1.82, 2.24) is 9.97 Å². The zero-order chi connectivity index (χ0) is 24.4. The number of alkyl halides is 3. The molecule has 5 nitrogen and oxygen atoms in total. The summed E-state index contributed by atoms with van der Waals surface area (Å²) in [6, 6.07) is 13.3. The number of fused-ring (bicyclic) bond motifs is 1. The number of hydrogen-bond donors (Lipinski definition) is 2. The highest BCUT2D eigenvalue weighted by molar-refractivity contribution is 8.00. The monoisotopic (exact) mass is 500 g/mol. The maximum absolute atomic E-state index is 12.7. The van der Waals surface area contributed by atoms with Crippen molar-refractivity contribution in [3.63, 3.8) is 0 Å². The minimum absolute atomic E-state index is 0.00132. The summed E-state index contributed by atoms with van der Waals surface area (Å²) in [5, 5.41) is 3.79. The lowest BCUT2D eigenvalue weighted by molar-refractivity contribution is -0.137. The lowest BCUT2D eigenvalue weighted by Gasteiger charge is -2.31. The first-order valence-electron chi connectivity index (χ1n) is 11.9. The molecule has 1 fully saturated rings. The second-order valence-electron chi connectivity index (χ2n) is 9.14. The summed E-state index contributed by atoms with van der Waals surface area (Å²) < 4.78 is 38.1. The average molecular weight is 501 g/mol. The number of nitrogens with zero attached hydrogens (tertiary/aromatic N) is 2. The smallest absolute Gasteiger partial charge is 0.367 e. The number of rotatable bonds is 5. The molecule has 35 heavy (non-hydrogen) atoms. The van der Waals surface area contributed by atoms with E-state index in [1.54, 1.807) is 6.20 Å². The van der Waals surface area contributed by atoms with Crippen molar-refractivity contribution < 1.29 is 13.2 Å². The van der Waals surface area contributed by atoms with E-state index in [4.69, 9.17) is 0 Å². The standard InChI is InChI=1S/C26H27F3N4OS/c27-26(28,29)18-1-10-24(31-15-18)32-19-2-6-21(7-3-19)35-22-8-4-20(5-9-22)33-14-12-17-11-13-30-25(34)23(17)16-33/h1,4-5,8-11,13,15,19,21H,2-3,6-7,12,14,16H2,(H,30,34)(H,31,32)/t19-,21-. The minimum atomic E-state index is -4.36. The molecule has 1 aliphatic carbocycles. The molecule has 0 atom stereocenters. The number of benzene rings is 1. The number of thioether (sulfide) groups is 1. The topological polar surface area (TPSA) is 61.0 Å². The van der Waals surface area contributed by atoms with Crippen LogP contribution in [0.4, 0.5) is 24.7 Å². The summed E-state index contributed by atoms with van der Waals surface area (Å²) in [4.78, 5) is 22.3. The van der Waals surface area contributed by atoms with Gasteiger partial charge in [0.15, 0.2) is 0 Å². The Morgan fingerprint density at radius 1 is 1.03 bits per heavy atom. The number of hydrogen-bond acceptors (Lipinski definition) is 5. The van der Waals surface area contributed by atoms with E-state index in [1.165, 1.54) is 11.0 Å². The molecule has 3 heterocycles. The van der Waals surface area contributed by atoms with Crippen LogP contribution in [0.5, 0.6) is 0 Å². The molecular formula is C26H27F3N4OS. The molecule has 0 spiro atoms. The van der Waals surface area contributed by atoms with Crippen molar-refractivity contribution in [2.75, 3.05) is 16.8 Å². The minimum Gasteiger partial charge on any atom is -0.367 e. The largest absolute Gasteiger partial charge is 0.417 e. The Bertz CT molecular complexity index is 1200. The second kappa shape index (κ2) is 9.97. The van der Waals surface area contributed by atoms with E-state index in [1.807, 2.05) is 17.8 Å². The summed E-state index contributed by atoms with van der Waals surface area (Å²) in [5.41, 5.74) is 2.39. The molecule has 2 N–H and O–H groups in total. The molecular weight excluding hydrogens is 473 g/mol. The predicted octanol–water partition coefficient (Wildman–Crippen LogP) is 5.87. The fourth-order valence-corrected chi connectivity index (χ4v) is 6.00. The van der Waals surface area contributed by atoms with Gasteiger partial charge in [0, 0.05) is 52.9 Å². The number of aromatic amines is 1. The Labute approximate surface area is 206 Å². The van der Waals surface area contributed by atoms with Gasteiger partial charge in [-0.25, -0.2) is 4.98 Å². The van der Waals surface area contributed by atoms with E-state index in [0.29, 0.717) is 17.6 Å². The Kier molecular flexibility index (Phi) is 6.77. The van der Waals surface area contributed by atoms with Crippen molar-refractivity contribution in [3.05, 3.63) is 81.9 Å². The lowest BCUT2D eigenvalue weighted by Crippen LogP contribution is -2.34. The molecule has 2 aromatic heterocycles. The van der Waals surface area contributed by atoms with Crippen LogP contribution >= 0.6 is 11.8 Å². The lowest BCUT2D eigenvalue weighted by atomic mass is 9.95.